The van der Waals surface area contributed by atoms with Crippen LogP contribution in [0, 0.1) is 5.92 Å². The van der Waals surface area contributed by atoms with Crippen molar-refractivity contribution >= 4 is 32.7 Å². The van der Waals surface area contributed by atoms with Crippen molar-refractivity contribution in [2.75, 3.05) is 0 Å². The van der Waals surface area contributed by atoms with Gasteiger partial charge in [-0.15, -0.1) is 0 Å². The highest BCUT2D eigenvalue weighted by molar-refractivity contribution is 6.19. The van der Waals surface area contributed by atoms with Gasteiger partial charge in [-0.1, -0.05) is 109 Å². The van der Waals surface area contributed by atoms with Crippen molar-refractivity contribution < 1.29 is 0 Å². The van der Waals surface area contributed by atoms with Crippen LogP contribution in [0.5, 0.6) is 0 Å². The molecule has 0 saturated heterocycles. The van der Waals surface area contributed by atoms with Crippen LogP contribution in [0.4, 0.5) is 0 Å². The van der Waals surface area contributed by atoms with Crippen LogP contribution in [0.2, 0.25) is 0 Å². The fourth-order valence-electron chi connectivity index (χ4n) is 8.30. The molecule has 0 spiro atoms. The van der Waals surface area contributed by atoms with Crippen molar-refractivity contribution in [1.82, 2.24) is 19.9 Å². The van der Waals surface area contributed by atoms with E-state index in [4.69, 9.17) is 15.0 Å². The van der Waals surface area contributed by atoms with Crippen molar-refractivity contribution in [3.05, 3.63) is 216 Å². The summed E-state index contributed by atoms with van der Waals surface area (Å²) in [5, 5.41) is 4.70. The second-order valence-electron chi connectivity index (χ2n) is 13.3. The van der Waals surface area contributed by atoms with Crippen LogP contribution in [-0.4, -0.2) is 19.9 Å². The normalized spacial score (nSPS) is 16.4. The first-order valence-electron chi connectivity index (χ1n) is 17.7. The molecule has 4 aromatic heterocycles. The molecule has 4 heteroatoms. The standard InChI is InChI=1S/C48H32N4/c1-3-16-34-32(14-1)45(33-15-2-4-17-35(33)47(34)44-24-13-23-41(52-44)40-20-7-10-27-49-40)31-25-26-38-39(30-31)48(43-22-9-12-29-51-43)37-19-6-5-18-36(37)46(38)42-21-8-11-28-50-42/h1-30,38,46H. The summed E-state index contributed by atoms with van der Waals surface area (Å²) in [4.78, 5) is 19.6. The monoisotopic (exact) mass is 664 g/mol. The molecule has 4 nitrogen and oxygen atoms in total. The molecule has 10 rings (SSSR count). The Morgan fingerprint density at radius 3 is 1.69 bits per heavy atom. The summed E-state index contributed by atoms with van der Waals surface area (Å²) in [6.07, 6.45) is 12.8. The number of hydrogen-bond acceptors (Lipinski definition) is 4. The van der Waals surface area contributed by atoms with E-state index in [1.54, 1.807) is 0 Å². The van der Waals surface area contributed by atoms with Crippen molar-refractivity contribution in [3.8, 4) is 22.6 Å². The third kappa shape index (κ3) is 4.91. The van der Waals surface area contributed by atoms with Crippen molar-refractivity contribution in [3.63, 3.8) is 0 Å². The largest absolute Gasteiger partial charge is 0.261 e. The third-order valence-corrected chi connectivity index (χ3v) is 10.4. The summed E-state index contributed by atoms with van der Waals surface area (Å²) in [6.45, 7) is 0. The van der Waals surface area contributed by atoms with E-state index in [1.807, 2.05) is 55.0 Å². The number of pyridine rings is 4. The third-order valence-electron chi connectivity index (χ3n) is 10.4. The van der Waals surface area contributed by atoms with Gasteiger partial charge in [0.2, 0.25) is 0 Å². The molecule has 0 aliphatic heterocycles. The highest BCUT2D eigenvalue weighted by Gasteiger charge is 2.37. The van der Waals surface area contributed by atoms with Gasteiger partial charge in [-0.25, -0.2) is 4.98 Å². The molecule has 0 N–H and O–H groups in total. The number of hydrogen-bond donors (Lipinski definition) is 0. The average Bonchev–Trinajstić information content (AvgIpc) is 3.22. The molecule has 8 aromatic rings. The molecule has 52 heavy (non-hydrogen) atoms. The molecule has 2 aliphatic carbocycles. The predicted molar refractivity (Wildman–Crippen MR) is 211 cm³/mol. The summed E-state index contributed by atoms with van der Waals surface area (Å²) < 4.78 is 0. The van der Waals surface area contributed by atoms with Gasteiger partial charge in [0.15, 0.2) is 0 Å². The summed E-state index contributed by atoms with van der Waals surface area (Å²) in [6, 6.07) is 50.9. The maximum Gasteiger partial charge on any atom is 0.0893 e. The molecule has 4 aromatic carbocycles. The zero-order chi connectivity index (χ0) is 34.4. The number of fused-ring (bicyclic) bond motifs is 4. The number of nitrogens with zero attached hydrogens (tertiary/aromatic N) is 4. The summed E-state index contributed by atoms with van der Waals surface area (Å²) in [7, 11) is 0. The van der Waals surface area contributed by atoms with Crippen LogP contribution in [0.15, 0.2) is 188 Å². The quantitative estimate of drug-likeness (QED) is 0.172. The Hall–Kier alpha value is -6.78. The van der Waals surface area contributed by atoms with E-state index >= 15 is 0 Å². The lowest BCUT2D eigenvalue weighted by molar-refractivity contribution is 0.632. The van der Waals surface area contributed by atoms with Gasteiger partial charge in [0.1, 0.15) is 0 Å². The van der Waals surface area contributed by atoms with E-state index in [-0.39, 0.29) is 11.8 Å². The average molecular weight is 665 g/mol. The molecule has 0 radical (unpaired) electrons. The van der Waals surface area contributed by atoms with Crippen LogP contribution < -0.4 is 0 Å². The fraction of sp³-hybridized carbons (Fsp3) is 0.0417. The Bertz CT molecular complexity index is 2670. The van der Waals surface area contributed by atoms with Crippen molar-refractivity contribution in [2.24, 2.45) is 5.92 Å². The van der Waals surface area contributed by atoms with Gasteiger partial charge >= 0.3 is 0 Å². The van der Waals surface area contributed by atoms with Crippen LogP contribution in [-0.2, 0) is 0 Å². The lowest BCUT2D eigenvalue weighted by Gasteiger charge is -2.36. The summed E-state index contributed by atoms with van der Waals surface area (Å²) >= 11 is 0. The second-order valence-corrected chi connectivity index (χ2v) is 13.3. The molecule has 2 aliphatic rings. The zero-order valence-electron chi connectivity index (χ0n) is 28.3. The van der Waals surface area contributed by atoms with Gasteiger partial charge in [0, 0.05) is 47.3 Å². The molecule has 0 fully saturated rings. The topological polar surface area (TPSA) is 51.6 Å². The number of allylic oxidation sites excluding steroid dienone is 5. The second kappa shape index (κ2) is 12.5. The first kappa shape index (κ1) is 30.1. The molecule has 2 atom stereocenters. The predicted octanol–water partition coefficient (Wildman–Crippen LogP) is 11.1. The molecule has 0 amide bonds. The maximum atomic E-state index is 5.20. The van der Waals surface area contributed by atoms with E-state index in [0.717, 1.165) is 44.8 Å². The van der Waals surface area contributed by atoms with Crippen LogP contribution >= 0.6 is 0 Å². The van der Waals surface area contributed by atoms with Crippen LogP contribution in [0.25, 0.3) is 55.3 Å². The van der Waals surface area contributed by atoms with Gasteiger partial charge in [-0.05, 0) is 104 Å². The van der Waals surface area contributed by atoms with E-state index in [1.165, 1.54) is 44.2 Å². The SMILES string of the molecule is C1=CC2C(=C(c3ccccn3)c3ccccc3C2c2ccccn2)C=C1c1c2ccccc2c(-c2cccc(-c3ccccn3)n2)c2ccccc12. The van der Waals surface area contributed by atoms with Crippen LogP contribution in [0.3, 0.4) is 0 Å². The Labute approximate surface area is 302 Å². The Kier molecular flexibility index (Phi) is 7.24. The number of aromatic nitrogens is 4. The van der Waals surface area contributed by atoms with Gasteiger partial charge < -0.3 is 0 Å². The van der Waals surface area contributed by atoms with Gasteiger partial charge in [0.25, 0.3) is 0 Å². The number of benzene rings is 4. The lowest BCUT2D eigenvalue weighted by atomic mass is 9.67. The molecule has 2 unspecified atom stereocenters. The van der Waals surface area contributed by atoms with Gasteiger partial charge in [-0.3, -0.25) is 15.0 Å². The highest BCUT2D eigenvalue weighted by Crippen LogP contribution is 2.52. The van der Waals surface area contributed by atoms with Crippen molar-refractivity contribution in [2.45, 2.75) is 5.92 Å². The first-order valence-corrected chi connectivity index (χ1v) is 17.7. The van der Waals surface area contributed by atoms with E-state index in [9.17, 15) is 0 Å². The van der Waals surface area contributed by atoms with E-state index < -0.39 is 0 Å². The molecule has 244 valence electrons. The first-order chi connectivity index (χ1) is 25.8. The maximum absolute atomic E-state index is 5.20. The Morgan fingerprint density at radius 2 is 1.02 bits per heavy atom. The van der Waals surface area contributed by atoms with Gasteiger partial charge in [0.05, 0.1) is 22.8 Å². The minimum atomic E-state index is 0.0715. The molecule has 4 heterocycles. The fourth-order valence-corrected chi connectivity index (χ4v) is 8.30. The molecular formula is C48H32N4. The Balaban J connectivity index is 1.24. The van der Waals surface area contributed by atoms with E-state index in [2.05, 4.69) is 132 Å². The van der Waals surface area contributed by atoms with Gasteiger partial charge in [-0.2, -0.15) is 0 Å². The van der Waals surface area contributed by atoms with Crippen LogP contribution in [0.1, 0.15) is 34.0 Å². The van der Waals surface area contributed by atoms with E-state index in [0.29, 0.717) is 0 Å². The highest BCUT2D eigenvalue weighted by atomic mass is 14.8. The molecule has 0 bridgehead atoms. The molecular weight excluding hydrogens is 633 g/mol. The van der Waals surface area contributed by atoms with Crippen molar-refractivity contribution in [1.29, 1.82) is 0 Å². The lowest BCUT2D eigenvalue weighted by Crippen LogP contribution is -2.24. The smallest absolute Gasteiger partial charge is 0.0893 e. The molecule has 0 saturated carbocycles. The Morgan fingerprint density at radius 1 is 0.442 bits per heavy atom. The summed E-state index contributed by atoms with van der Waals surface area (Å²) in [5.74, 6) is 0.156. The minimum absolute atomic E-state index is 0.0715. The zero-order valence-corrected chi connectivity index (χ0v) is 28.3. The number of rotatable bonds is 5. The minimum Gasteiger partial charge on any atom is -0.261 e. The summed E-state index contributed by atoms with van der Waals surface area (Å²) in [5.41, 5.74) is 13.1.